The first-order chi connectivity index (χ1) is 13.2. The number of carbonyl (C=O) groups is 1. The van der Waals surface area contributed by atoms with Crippen molar-refractivity contribution in [2.75, 3.05) is 37.4 Å². The van der Waals surface area contributed by atoms with Gasteiger partial charge in [-0.15, -0.1) is 0 Å². The van der Waals surface area contributed by atoms with E-state index in [1.807, 2.05) is 32.0 Å². The molecule has 2 aromatic carbocycles. The van der Waals surface area contributed by atoms with Gasteiger partial charge in [-0.05, 0) is 55.3 Å². The molecule has 0 saturated carbocycles. The predicted molar refractivity (Wildman–Crippen MR) is 110 cm³/mol. The number of benzene rings is 2. The van der Waals surface area contributed by atoms with Gasteiger partial charge in [-0.1, -0.05) is 12.1 Å². The molecule has 0 aromatic heterocycles. The molecule has 0 heterocycles. The molecule has 0 radical (unpaired) electrons. The molecular formula is C20H26N2O5S. The van der Waals surface area contributed by atoms with E-state index < -0.39 is 10.0 Å². The highest BCUT2D eigenvalue weighted by Crippen LogP contribution is 2.21. The molecule has 0 aliphatic rings. The Bertz CT molecular complexity index is 911. The molecule has 1 N–H and O–H groups in total. The molecule has 0 atom stereocenters. The lowest BCUT2D eigenvalue weighted by Gasteiger charge is -2.16. The fourth-order valence-corrected chi connectivity index (χ4v) is 2.88. The van der Waals surface area contributed by atoms with Gasteiger partial charge in [0.05, 0.1) is 18.5 Å². The van der Waals surface area contributed by atoms with Crippen LogP contribution in [0, 0.1) is 13.8 Å². The second kappa shape index (κ2) is 9.45. The summed E-state index contributed by atoms with van der Waals surface area (Å²) in [7, 11) is -1.84. The van der Waals surface area contributed by atoms with Crippen LogP contribution >= 0.6 is 0 Å². The minimum Gasteiger partial charge on any atom is -0.491 e. The largest absolute Gasteiger partial charge is 0.491 e. The minimum absolute atomic E-state index is 0.134. The first kappa shape index (κ1) is 21.6. The lowest BCUT2D eigenvalue weighted by Crippen LogP contribution is -2.32. The van der Waals surface area contributed by atoms with E-state index in [2.05, 4.69) is 5.32 Å². The Morgan fingerprint density at radius 1 is 1.07 bits per heavy atom. The third kappa shape index (κ3) is 6.16. The highest BCUT2D eigenvalue weighted by atomic mass is 32.2. The Hall–Kier alpha value is -2.74. The molecule has 2 aromatic rings. The highest BCUT2D eigenvalue weighted by molar-refractivity contribution is 7.92. The van der Waals surface area contributed by atoms with Crippen molar-refractivity contribution in [1.82, 2.24) is 5.32 Å². The number of aryl methyl sites for hydroxylation is 1. The van der Waals surface area contributed by atoms with Crippen LogP contribution in [-0.4, -0.2) is 47.4 Å². The number of nitrogens with zero attached hydrogens (tertiary/aromatic N) is 1. The normalized spacial score (nSPS) is 11.0. The van der Waals surface area contributed by atoms with Gasteiger partial charge in [-0.25, -0.2) is 8.42 Å². The van der Waals surface area contributed by atoms with E-state index in [1.165, 1.54) is 11.4 Å². The van der Waals surface area contributed by atoms with Crippen molar-refractivity contribution >= 4 is 21.6 Å². The second-order valence-electron chi connectivity index (χ2n) is 6.41. The Morgan fingerprint density at radius 3 is 2.39 bits per heavy atom. The first-order valence-corrected chi connectivity index (χ1v) is 10.7. The molecule has 0 saturated heterocycles. The lowest BCUT2D eigenvalue weighted by atomic mass is 10.1. The van der Waals surface area contributed by atoms with Crippen molar-refractivity contribution in [3.8, 4) is 11.5 Å². The van der Waals surface area contributed by atoms with E-state index >= 15 is 0 Å². The van der Waals surface area contributed by atoms with Gasteiger partial charge in [0, 0.05) is 7.05 Å². The van der Waals surface area contributed by atoms with E-state index in [0.717, 1.165) is 23.1 Å². The van der Waals surface area contributed by atoms with Crippen molar-refractivity contribution in [3.63, 3.8) is 0 Å². The van der Waals surface area contributed by atoms with Crippen LogP contribution in [0.5, 0.6) is 11.5 Å². The van der Waals surface area contributed by atoms with Crippen LogP contribution < -0.4 is 19.1 Å². The summed E-state index contributed by atoms with van der Waals surface area (Å²) in [5, 5.41) is 2.73. The van der Waals surface area contributed by atoms with E-state index in [9.17, 15) is 13.2 Å². The number of rotatable bonds is 9. The summed E-state index contributed by atoms with van der Waals surface area (Å²) in [5.41, 5.74) is 2.76. The Labute approximate surface area is 166 Å². The number of sulfonamides is 1. The zero-order chi connectivity index (χ0) is 20.7. The maximum Gasteiger partial charge on any atom is 0.258 e. The molecule has 0 unspecified atom stereocenters. The average Bonchev–Trinajstić information content (AvgIpc) is 2.66. The van der Waals surface area contributed by atoms with Gasteiger partial charge < -0.3 is 14.8 Å². The zero-order valence-corrected chi connectivity index (χ0v) is 17.4. The van der Waals surface area contributed by atoms with Crippen molar-refractivity contribution in [1.29, 1.82) is 0 Å². The van der Waals surface area contributed by atoms with Crippen molar-refractivity contribution in [3.05, 3.63) is 53.6 Å². The summed E-state index contributed by atoms with van der Waals surface area (Å²) >= 11 is 0. The average molecular weight is 407 g/mol. The van der Waals surface area contributed by atoms with Crippen molar-refractivity contribution in [2.45, 2.75) is 13.8 Å². The molecule has 0 spiro atoms. The van der Waals surface area contributed by atoms with E-state index in [4.69, 9.17) is 9.47 Å². The SMILES string of the molecule is Cc1cccc(OCCNC(=O)COc2ccc(N(C)S(C)(=O)=O)cc2)c1C. The molecule has 0 aliphatic heterocycles. The van der Waals surface area contributed by atoms with Crippen LogP contribution in [0.4, 0.5) is 5.69 Å². The smallest absolute Gasteiger partial charge is 0.258 e. The van der Waals surface area contributed by atoms with Crippen LogP contribution in [0.2, 0.25) is 0 Å². The monoisotopic (exact) mass is 406 g/mol. The quantitative estimate of drug-likeness (QED) is 0.646. The number of hydrogen-bond acceptors (Lipinski definition) is 5. The minimum atomic E-state index is -3.32. The van der Waals surface area contributed by atoms with E-state index in [-0.39, 0.29) is 12.5 Å². The van der Waals surface area contributed by atoms with Gasteiger partial charge in [-0.2, -0.15) is 0 Å². The summed E-state index contributed by atoms with van der Waals surface area (Å²) in [4.78, 5) is 11.9. The van der Waals surface area contributed by atoms with Crippen LogP contribution in [-0.2, 0) is 14.8 Å². The molecule has 2 rings (SSSR count). The molecule has 0 bridgehead atoms. The van der Waals surface area contributed by atoms with Crippen LogP contribution in [0.15, 0.2) is 42.5 Å². The molecule has 0 fully saturated rings. The molecular weight excluding hydrogens is 380 g/mol. The van der Waals surface area contributed by atoms with Crippen LogP contribution in [0.3, 0.4) is 0 Å². The van der Waals surface area contributed by atoms with Gasteiger partial charge in [0.15, 0.2) is 6.61 Å². The maximum atomic E-state index is 11.9. The first-order valence-electron chi connectivity index (χ1n) is 8.81. The van der Waals surface area contributed by atoms with Crippen molar-refractivity contribution in [2.24, 2.45) is 0 Å². The van der Waals surface area contributed by atoms with Crippen molar-refractivity contribution < 1.29 is 22.7 Å². The second-order valence-corrected chi connectivity index (χ2v) is 8.42. The standard InChI is InChI=1S/C20H26N2O5S/c1-15-6-5-7-19(16(15)2)26-13-12-21-20(23)14-27-18-10-8-17(9-11-18)22(3)28(4,24)25/h5-11H,12-14H2,1-4H3,(H,21,23). The number of amides is 1. The number of anilines is 1. The molecule has 8 heteroatoms. The molecule has 1 amide bonds. The predicted octanol–water partition coefficient (Wildman–Crippen LogP) is 2.27. The third-order valence-electron chi connectivity index (χ3n) is 4.30. The zero-order valence-electron chi connectivity index (χ0n) is 16.6. The van der Waals surface area contributed by atoms with Gasteiger partial charge in [0.1, 0.15) is 18.1 Å². The summed E-state index contributed by atoms with van der Waals surface area (Å²) in [6.45, 7) is 4.62. The fraction of sp³-hybridized carbons (Fsp3) is 0.350. The molecule has 152 valence electrons. The fourth-order valence-electron chi connectivity index (χ4n) is 2.38. The van der Waals surface area contributed by atoms with E-state index in [0.29, 0.717) is 24.6 Å². The number of carbonyl (C=O) groups excluding carboxylic acids is 1. The van der Waals surface area contributed by atoms with Gasteiger partial charge in [0.25, 0.3) is 5.91 Å². The Kier molecular flexibility index (Phi) is 7.28. The summed E-state index contributed by atoms with van der Waals surface area (Å²) in [5.74, 6) is 1.03. The summed E-state index contributed by atoms with van der Waals surface area (Å²) in [6, 6.07) is 12.3. The molecule has 28 heavy (non-hydrogen) atoms. The number of ether oxygens (including phenoxy) is 2. The maximum absolute atomic E-state index is 11.9. The van der Waals surface area contributed by atoms with E-state index in [1.54, 1.807) is 24.3 Å². The lowest BCUT2D eigenvalue weighted by molar-refractivity contribution is -0.123. The van der Waals surface area contributed by atoms with Gasteiger partial charge in [-0.3, -0.25) is 9.10 Å². The Morgan fingerprint density at radius 2 is 1.75 bits per heavy atom. The number of hydrogen-bond donors (Lipinski definition) is 1. The Balaban J connectivity index is 1.73. The van der Waals surface area contributed by atoms with Gasteiger partial charge >= 0.3 is 0 Å². The molecule has 7 nitrogen and oxygen atoms in total. The topological polar surface area (TPSA) is 84.9 Å². The summed E-state index contributed by atoms with van der Waals surface area (Å²) in [6.07, 6.45) is 1.13. The van der Waals surface area contributed by atoms with Gasteiger partial charge in [0.2, 0.25) is 10.0 Å². The summed E-state index contributed by atoms with van der Waals surface area (Å²) < 4.78 is 35.3. The number of nitrogens with one attached hydrogen (secondary N) is 1. The highest BCUT2D eigenvalue weighted by Gasteiger charge is 2.11. The van der Waals surface area contributed by atoms with Crippen LogP contribution in [0.1, 0.15) is 11.1 Å². The third-order valence-corrected chi connectivity index (χ3v) is 5.51. The molecule has 0 aliphatic carbocycles. The van der Waals surface area contributed by atoms with Crippen LogP contribution in [0.25, 0.3) is 0 Å².